The number of benzene rings is 1. The molecule has 0 spiro atoms. The van der Waals surface area contributed by atoms with Crippen molar-refractivity contribution in [1.29, 1.82) is 0 Å². The highest BCUT2D eigenvalue weighted by atomic mass is 16.5. The number of carbonyl (C=O) groups is 1. The van der Waals surface area contributed by atoms with Crippen molar-refractivity contribution in [2.75, 3.05) is 69.4 Å². The molecule has 216 valence electrons. The van der Waals surface area contributed by atoms with E-state index in [9.17, 15) is 9.59 Å². The Hall–Kier alpha value is -3.99. The van der Waals surface area contributed by atoms with E-state index in [0.29, 0.717) is 29.5 Å². The molecule has 1 atom stereocenters. The summed E-state index contributed by atoms with van der Waals surface area (Å²) in [5, 5.41) is 7.82. The van der Waals surface area contributed by atoms with Gasteiger partial charge in [-0.25, -0.2) is 9.48 Å². The van der Waals surface area contributed by atoms with Gasteiger partial charge in [0.1, 0.15) is 0 Å². The van der Waals surface area contributed by atoms with E-state index in [1.165, 1.54) is 29.6 Å². The van der Waals surface area contributed by atoms with E-state index in [1.54, 1.807) is 25.0 Å². The standard InChI is InChI=1S/C29H41N7O4/c1-20(17-31-26-16-22(8-9-25(26)30)36-12-10-33(2)11-13-36)7-6-14-40-28-24(18-32-35(28)4)23-15-21(29(38)39-5)19-34(3)27(23)37/h8-9,15-16,18-20,31H,6-7,10-14,17,30H2,1-5H3/t20-/m1/s1. The monoisotopic (exact) mass is 551 g/mol. The molecule has 1 aliphatic rings. The van der Waals surface area contributed by atoms with Crippen LogP contribution in [0.5, 0.6) is 5.88 Å². The molecule has 2 aromatic heterocycles. The minimum absolute atomic E-state index is 0.249. The normalized spacial score (nSPS) is 14.7. The zero-order chi connectivity index (χ0) is 28.8. The summed E-state index contributed by atoms with van der Waals surface area (Å²) in [5.74, 6) is 0.363. The number of nitrogen functional groups attached to an aromatic ring is 1. The lowest BCUT2D eigenvalue weighted by atomic mass is 10.1. The van der Waals surface area contributed by atoms with Crippen LogP contribution in [0, 0.1) is 5.92 Å². The summed E-state index contributed by atoms with van der Waals surface area (Å²) >= 11 is 0. The number of nitrogens with zero attached hydrogens (tertiary/aromatic N) is 5. The highest BCUT2D eigenvalue weighted by Crippen LogP contribution is 2.29. The van der Waals surface area contributed by atoms with Gasteiger partial charge in [0, 0.05) is 58.7 Å². The summed E-state index contributed by atoms with van der Waals surface area (Å²) in [6, 6.07) is 7.76. The van der Waals surface area contributed by atoms with Crippen LogP contribution in [0.4, 0.5) is 17.1 Å². The van der Waals surface area contributed by atoms with Crippen molar-refractivity contribution in [2.24, 2.45) is 20.0 Å². The molecule has 0 bridgehead atoms. The third-order valence-electron chi connectivity index (χ3n) is 7.41. The molecule has 0 radical (unpaired) electrons. The number of piperazine rings is 1. The van der Waals surface area contributed by atoms with Crippen LogP contribution in [-0.2, 0) is 18.8 Å². The van der Waals surface area contributed by atoms with Crippen LogP contribution in [0.2, 0.25) is 0 Å². The van der Waals surface area contributed by atoms with Crippen LogP contribution in [0.1, 0.15) is 30.1 Å². The Morgan fingerprint density at radius 2 is 1.88 bits per heavy atom. The molecule has 4 rings (SSSR count). The summed E-state index contributed by atoms with van der Waals surface area (Å²) in [6.07, 6.45) is 4.81. The number of aryl methyl sites for hydroxylation is 2. The Labute approximate surface area is 235 Å². The number of ether oxygens (including phenoxy) is 2. The molecule has 3 N–H and O–H groups in total. The van der Waals surface area contributed by atoms with Crippen LogP contribution >= 0.6 is 0 Å². The van der Waals surface area contributed by atoms with E-state index in [4.69, 9.17) is 15.2 Å². The van der Waals surface area contributed by atoms with Crippen molar-refractivity contribution < 1.29 is 14.3 Å². The van der Waals surface area contributed by atoms with Crippen molar-refractivity contribution in [3.05, 3.63) is 52.6 Å². The third-order valence-corrected chi connectivity index (χ3v) is 7.41. The summed E-state index contributed by atoms with van der Waals surface area (Å²) in [7, 11) is 6.83. The number of hydrogen-bond acceptors (Lipinski definition) is 9. The minimum atomic E-state index is -0.515. The maximum absolute atomic E-state index is 12.8. The fourth-order valence-corrected chi connectivity index (χ4v) is 4.86. The number of anilines is 3. The Balaban J connectivity index is 1.32. The van der Waals surface area contributed by atoms with Gasteiger partial charge in [0.15, 0.2) is 0 Å². The van der Waals surface area contributed by atoms with Gasteiger partial charge in [0.05, 0.1) is 48.0 Å². The number of nitrogens with two attached hydrogens (primary N) is 1. The van der Waals surface area contributed by atoms with Crippen LogP contribution in [-0.4, -0.2) is 78.7 Å². The zero-order valence-electron chi connectivity index (χ0n) is 24.1. The molecule has 3 heterocycles. The number of likely N-dealkylation sites (N-methyl/N-ethyl adjacent to an activating group) is 1. The van der Waals surface area contributed by atoms with Gasteiger partial charge >= 0.3 is 5.97 Å². The fraction of sp³-hybridized carbons (Fsp3) is 0.483. The average Bonchev–Trinajstić information content (AvgIpc) is 3.31. The summed E-state index contributed by atoms with van der Waals surface area (Å²) in [4.78, 5) is 29.7. The van der Waals surface area contributed by atoms with E-state index in [0.717, 1.165) is 56.9 Å². The first-order chi connectivity index (χ1) is 19.2. The molecule has 11 nitrogen and oxygen atoms in total. The van der Waals surface area contributed by atoms with Gasteiger partial charge in [0.2, 0.25) is 5.88 Å². The quantitative estimate of drug-likeness (QED) is 0.211. The number of hydrogen-bond donors (Lipinski definition) is 2. The highest BCUT2D eigenvalue weighted by Gasteiger charge is 2.19. The minimum Gasteiger partial charge on any atom is -0.477 e. The zero-order valence-corrected chi connectivity index (χ0v) is 24.1. The van der Waals surface area contributed by atoms with Crippen molar-refractivity contribution >= 4 is 23.0 Å². The van der Waals surface area contributed by atoms with Gasteiger partial charge < -0.3 is 34.9 Å². The Bertz CT molecular complexity index is 1380. The van der Waals surface area contributed by atoms with E-state index >= 15 is 0 Å². The molecule has 3 aromatic rings. The second kappa shape index (κ2) is 12.9. The molecule has 1 fully saturated rings. The third kappa shape index (κ3) is 6.77. The smallest absolute Gasteiger partial charge is 0.339 e. The largest absolute Gasteiger partial charge is 0.477 e. The average molecular weight is 552 g/mol. The maximum atomic E-state index is 12.8. The number of methoxy groups -OCH3 is 1. The number of pyridine rings is 1. The van der Waals surface area contributed by atoms with Crippen LogP contribution in [0.3, 0.4) is 0 Å². The van der Waals surface area contributed by atoms with Gasteiger partial charge in [-0.05, 0) is 50.1 Å². The van der Waals surface area contributed by atoms with Crippen molar-refractivity contribution in [1.82, 2.24) is 19.2 Å². The Morgan fingerprint density at radius 1 is 1.12 bits per heavy atom. The fourth-order valence-electron chi connectivity index (χ4n) is 4.86. The predicted molar refractivity (Wildman–Crippen MR) is 158 cm³/mol. The molecule has 1 saturated heterocycles. The molecule has 1 aromatic carbocycles. The molecule has 11 heteroatoms. The first-order valence-corrected chi connectivity index (χ1v) is 13.7. The molecule has 40 heavy (non-hydrogen) atoms. The van der Waals surface area contributed by atoms with E-state index in [1.807, 2.05) is 6.07 Å². The molecular formula is C29H41N7O4. The topological polar surface area (TPSA) is 120 Å². The Kier molecular flexibility index (Phi) is 9.36. The molecular weight excluding hydrogens is 510 g/mol. The summed E-state index contributed by atoms with van der Waals surface area (Å²) in [5.41, 5.74) is 10.1. The van der Waals surface area contributed by atoms with E-state index in [2.05, 4.69) is 46.3 Å². The van der Waals surface area contributed by atoms with Crippen molar-refractivity contribution in [2.45, 2.75) is 19.8 Å². The first-order valence-electron chi connectivity index (χ1n) is 13.7. The number of aromatic nitrogens is 3. The molecule has 1 aliphatic heterocycles. The molecule has 0 saturated carbocycles. The highest BCUT2D eigenvalue weighted by molar-refractivity contribution is 5.90. The van der Waals surface area contributed by atoms with E-state index in [-0.39, 0.29) is 11.1 Å². The summed E-state index contributed by atoms with van der Waals surface area (Å²) < 4.78 is 13.9. The number of esters is 1. The van der Waals surface area contributed by atoms with Gasteiger partial charge in [-0.1, -0.05) is 6.92 Å². The lowest BCUT2D eigenvalue weighted by Crippen LogP contribution is -2.44. The van der Waals surface area contributed by atoms with Gasteiger partial charge in [0.25, 0.3) is 5.56 Å². The first kappa shape index (κ1) is 29.0. The van der Waals surface area contributed by atoms with Crippen LogP contribution in [0.25, 0.3) is 11.1 Å². The van der Waals surface area contributed by atoms with Gasteiger partial charge in [-0.15, -0.1) is 0 Å². The van der Waals surface area contributed by atoms with Crippen molar-refractivity contribution in [3.8, 4) is 17.0 Å². The predicted octanol–water partition coefficient (Wildman–Crippen LogP) is 2.81. The van der Waals surface area contributed by atoms with Crippen LogP contribution < -0.4 is 26.2 Å². The van der Waals surface area contributed by atoms with Crippen LogP contribution in [0.15, 0.2) is 41.5 Å². The number of carbonyl (C=O) groups excluding carboxylic acids is 1. The lowest BCUT2D eigenvalue weighted by molar-refractivity contribution is 0.0599. The lowest BCUT2D eigenvalue weighted by Gasteiger charge is -2.34. The number of rotatable bonds is 11. The second-order valence-electron chi connectivity index (χ2n) is 10.6. The molecule has 0 aliphatic carbocycles. The van der Waals surface area contributed by atoms with Gasteiger partial charge in [-0.2, -0.15) is 5.10 Å². The molecule has 0 amide bonds. The van der Waals surface area contributed by atoms with E-state index < -0.39 is 5.97 Å². The van der Waals surface area contributed by atoms with Crippen molar-refractivity contribution in [3.63, 3.8) is 0 Å². The number of nitrogens with one attached hydrogen (secondary N) is 1. The summed E-state index contributed by atoms with van der Waals surface area (Å²) in [6.45, 7) is 7.61. The Morgan fingerprint density at radius 3 is 2.60 bits per heavy atom. The van der Waals surface area contributed by atoms with Gasteiger partial charge in [-0.3, -0.25) is 4.79 Å². The maximum Gasteiger partial charge on any atom is 0.339 e. The second-order valence-corrected chi connectivity index (χ2v) is 10.6. The molecule has 0 unspecified atom stereocenters. The SMILES string of the molecule is COC(=O)c1cc(-c2cnn(C)c2OCCC[C@@H](C)CNc2cc(N3CCN(C)CC3)ccc2N)c(=O)n(C)c1.